The van der Waals surface area contributed by atoms with Gasteiger partial charge < -0.3 is 10.1 Å². The summed E-state index contributed by atoms with van der Waals surface area (Å²) in [5.74, 6) is 0. The fourth-order valence-electron chi connectivity index (χ4n) is 1.25. The molecule has 20 heavy (non-hydrogen) atoms. The van der Waals surface area contributed by atoms with Crippen LogP contribution >= 0.6 is 15.9 Å². The Kier molecular flexibility index (Phi) is 5.20. The van der Waals surface area contributed by atoms with E-state index in [1.807, 2.05) is 13.8 Å². The quantitative estimate of drug-likeness (QED) is 0.879. The number of hydrogen-bond acceptors (Lipinski definition) is 4. The Bertz CT molecular complexity index is 529. The third kappa shape index (κ3) is 4.78. The molecule has 5 nitrogen and oxygen atoms in total. The van der Waals surface area contributed by atoms with E-state index >= 15 is 0 Å². The maximum Gasteiger partial charge on any atom is 0.408 e. The van der Waals surface area contributed by atoms with Crippen LogP contribution in [0, 0.1) is 0 Å². The molecule has 0 saturated heterocycles. The van der Waals surface area contributed by atoms with E-state index in [2.05, 4.69) is 26.3 Å². The minimum absolute atomic E-state index is 0.00338. The van der Waals surface area contributed by atoms with Gasteiger partial charge in [-0.05, 0) is 29.8 Å². The smallest absolute Gasteiger partial charge is 0.380 e. The van der Waals surface area contributed by atoms with Gasteiger partial charge in [-0.25, -0.2) is 4.68 Å². The van der Waals surface area contributed by atoms with Crippen molar-refractivity contribution in [2.45, 2.75) is 32.2 Å². The predicted octanol–water partition coefficient (Wildman–Crippen LogP) is 2.41. The van der Waals surface area contributed by atoms with Crippen LogP contribution < -0.4 is 10.9 Å². The molecule has 0 unspecified atom stereocenters. The zero-order valence-corrected chi connectivity index (χ0v) is 12.8. The van der Waals surface area contributed by atoms with Crippen molar-refractivity contribution in [2.24, 2.45) is 0 Å². The number of hydrogen-bond donors (Lipinski definition) is 1. The Morgan fingerprint density at radius 1 is 1.45 bits per heavy atom. The molecule has 0 aliphatic carbocycles. The van der Waals surface area contributed by atoms with Crippen LogP contribution in [0.5, 0.6) is 0 Å². The molecule has 0 atom stereocenters. The van der Waals surface area contributed by atoms with Crippen LogP contribution in [-0.4, -0.2) is 35.2 Å². The third-order valence-electron chi connectivity index (χ3n) is 2.57. The van der Waals surface area contributed by atoms with Crippen molar-refractivity contribution < 1.29 is 17.9 Å². The summed E-state index contributed by atoms with van der Waals surface area (Å²) in [5, 5.41) is 6.41. The van der Waals surface area contributed by atoms with Gasteiger partial charge >= 0.3 is 6.18 Å². The minimum Gasteiger partial charge on any atom is -0.380 e. The molecule has 1 N–H and O–H groups in total. The number of aromatic nitrogens is 2. The number of alkyl halides is 3. The maximum absolute atomic E-state index is 12.3. The number of methoxy groups -OCH3 is 1. The lowest BCUT2D eigenvalue weighted by molar-refractivity contribution is -0.143. The molecule has 9 heteroatoms. The fourth-order valence-corrected chi connectivity index (χ4v) is 1.70. The maximum atomic E-state index is 12.3. The highest BCUT2D eigenvalue weighted by molar-refractivity contribution is 9.10. The van der Waals surface area contributed by atoms with Crippen LogP contribution in [0.3, 0.4) is 0 Å². The lowest BCUT2D eigenvalue weighted by Gasteiger charge is -2.24. The first-order valence-electron chi connectivity index (χ1n) is 5.67. The summed E-state index contributed by atoms with van der Waals surface area (Å²) in [6.45, 7) is 2.60. The van der Waals surface area contributed by atoms with Crippen molar-refractivity contribution >= 4 is 21.6 Å². The summed E-state index contributed by atoms with van der Waals surface area (Å²) in [6, 6.07) is 0. The van der Waals surface area contributed by atoms with E-state index < -0.39 is 23.9 Å². The zero-order valence-electron chi connectivity index (χ0n) is 11.2. The molecule has 1 aromatic rings. The average Bonchev–Trinajstić information content (AvgIpc) is 2.33. The molecule has 0 bridgehead atoms. The van der Waals surface area contributed by atoms with Gasteiger partial charge in [-0.1, -0.05) is 0 Å². The van der Waals surface area contributed by atoms with Gasteiger partial charge in [0.1, 0.15) is 11.0 Å². The highest BCUT2D eigenvalue weighted by Gasteiger charge is 2.29. The second kappa shape index (κ2) is 6.13. The Hall–Kier alpha value is -1.09. The molecular weight excluding hydrogens is 343 g/mol. The first kappa shape index (κ1) is 17.0. The molecule has 1 aromatic heterocycles. The van der Waals surface area contributed by atoms with Crippen molar-refractivity contribution in [1.82, 2.24) is 9.78 Å². The Balaban J connectivity index is 2.93. The van der Waals surface area contributed by atoms with Gasteiger partial charge in [-0.2, -0.15) is 18.3 Å². The summed E-state index contributed by atoms with van der Waals surface area (Å²) >= 11 is 2.98. The molecular formula is C11H15BrF3N3O2. The van der Waals surface area contributed by atoms with Crippen molar-refractivity contribution in [3.63, 3.8) is 0 Å². The van der Waals surface area contributed by atoms with Gasteiger partial charge in [0.15, 0.2) is 0 Å². The standard InChI is InChI=1S/C11H15BrF3N3O2/c1-10(2,20-3)5-16-7-4-17-18(6-11(13,14)15)9(19)8(7)12/h4,16H,5-6H2,1-3H3. The van der Waals surface area contributed by atoms with Crippen molar-refractivity contribution in [2.75, 3.05) is 19.0 Å². The number of halogens is 4. The van der Waals surface area contributed by atoms with Gasteiger partial charge in [0.05, 0.1) is 17.5 Å². The summed E-state index contributed by atoms with van der Waals surface area (Å²) < 4.78 is 42.3. The monoisotopic (exact) mass is 357 g/mol. The van der Waals surface area contributed by atoms with Crippen LogP contribution in [0.25, 0.3) is 0 Å². The number of ether oxygens (including phenoxy) is 1. The number of nitrogens with one attached hydrogen (secondary N) is 1. The molecule has 0 amide bonds. The highest BCUT2D eigenvalue weighted by atomic mass is 79.9. The summed E-state index contributed by atoms with van der Waals surface area (Å²) in [4.78, 5) is 11.7. The van der Waals surface area contributed by atoms with E-state index in [0.29, 0.717) is 16.9 Å². The van der Waals surface area contributed by atoms with Gasteiger partial charge in [-0.3, -0.25) is 4.79 Å². The molecule has 0 spiro atoms. The Labute approximate surface area is 122 Å². The van der Waals surface area contributed by atoms with E-state index in [9.17, 15) is 18.0 Å². The Morgan fingerprint density at radius 3 is 2.55 bits per heavy atom. The van der Waals surface area contributed by atoms with E-state index in [0.717, 1.165) is 0 Å². The predicted molar refractivity (Wildman–Crippen MR) is 71.8 cm³/mol. The average molecular weight is 358 g/mol. The van der Waals surface area contributed by atoms with Gasteiger partial charge in [-0.15, -0.1) is 0 Å². The molecule has 0 radical (unpaired) electrons. The van der Waals surface area contributed by atoms with E-state index in [-0.39, 0.29) is 4.47 Å². The van der Waals surface area contributed by atoms with E-state index in [1.54, 1.807) is 0 Å². The second-order valence-electron chi connectivity index (χ2n) is 4.77. The second-order valence-corrected chi connectivity index (χ2v) is 5.56. The van der Waals surface area contributed by atoms with E-state index in [4.69, 9.17) is 4.74 Å². The zero-order chi connectivity index (χ0) is 15.6. The molecule has 114 valence electrons. The first-order chi connectivity index (χ1) is 9.06. The minimum atomic E-state index is -4.50. The van der Waals surface area contributed by atoms with Gasteiger partial charge in [0, 0.05) is 13.7 Å². The molecule has 0 aromatic carbocycles. The molecule has 1 heterocycles. The van der Waals surface area contributed by atoms with Crippen LogP contribution in [0.15, 0.2) is 15.5 Å². The summed E-state index contributed by atoms with van der Waals surface area (Å²) in [7, 11) is 1.54. The van der Waals surface area contributed by atoms with Crippen LogP contribution in [0.2, 0.25) is 0 Å². The summed E-state index contributed by atoms with van der Waals surface area (Å²) in [6.07, 6.45) is -3.33. The van der Waals surface area contributed by atoms with Crippen LogP contribution in [0.4, 0.5) is 18.9 Å². The van der Waals surface area contributed by atoms with Gasteiger partial charge in [0.25, 0.3) is 5.56 Å². The van der Waals surface area contributed by atoms with E-state index in [1.165, 1.54) is 13.3 Å². The SMILES string of the molecule is COC(C)(C)CNc1cnn(CC(F)(F)F)c(=O)c1Br. The normalized spacial score (nSPS) is 12.6. The molecule has 0 saturated carbocycles. The topological polar surface area (TPSA) is 56.1 Å². The molecule has 1 rings (SSSR count). The Morgan fingerprint density at radius 2 is 2.05 bits per heavy atom. The van der Waals surface area contributed by atoms with Crippen molar-refractivity contribution in [1.29, 1.82) is 0 Å². The van der Waals surface area contributed by atoms with Crippen molar-refractivity contribution in [3.8, 4) is 0 Å². The molecule has 0 aliphatic rings. The molecule has 0 aliphatic heterocycles. The largest absolute Gasteiger partial charge is 0.408 e. The van der Waals surface area contributed by atoms with Crippen LogP contribution in [0.1, 0.15) is 13.8 Å². The van der Waals surface area contributed by atoms with Gasteiger partial charge in [0.2, 0.25) is 0 Å². The third-order valence-corrected chi connectivity index (χ3v) is 3.34. The highest BCUT2D eigenvalue weighted by Crippen LogP contribution is 2.20. The number of nitrogens with zero attached hydrogens (tertiary/aromatic N) is 2. The number of anilines is 1. The van der Waals surface area contributed by atoms with Crippen LogP contribution in [-0.2, 0) is 11.3 Å². The lowest BCUT2D eigenvalue weighted by atomic mass is 10.1. The first-order valence-corrected chi connectivity index (χ1v) is 6.46. The van der Waals surface area contributed by atoms with Crippen molar-refractivity contribution in [3.05, 3.63) is 21.0 Å². The lowest BCUT2D eigenvalue weighted by Crippen LogP contribution is -2.34. The fraction of sp³-hybridized carbons (Fsp3) is 0.636. The number of rotatable bonds is 5. The molecule has 0 fully saturated rings. The summed E-state index contributed by atoms with van der Waals surface area (Å²) in [5.41, 5.74) is -1.01.